The first-order valence-electron chi connectivity index (χ1n) is 19.0. The van der Waals surface area contributed by atoms with Gasteiger partial charge in [-0.25, -0.2) is 0 Å². The minimum atomic E-state index is 0. The first-order valence-corrected chi connectivity index (χ1v) is 19.0. The average Bonchev–Trinajstić information content (AvgIpc) is 4.07. The van der Waals surface area contributed by atoms with Gasteiger partial charge in [-0.2, -0.15) is 65.9 Å². The molecule has 0 aliphatic carbocycles. The van der Waals surface area contributed by atoms with Gasteiger partial charge in [0.1, 0.15) is 0 Å². The van der Waals surface area contributed by atoms with Crippen LogP contribution in [0.5, 0.6) is 0 Å². The number of rotatable bonds is 7. The summed E-state index contributed by atoms with van der Waals surface area (Å²) in [6.45, 7) is 0. The number of tetrazole rings is 1. The molecule has 6 aromatic carbocycles. The molecule has 4 aromatic heterocycles. The van der Waals surface area contributed by atoms with Crippen LogP contribution in [-0.4, -0.2) is 29.6 Å². The SMILES string of the molecule is C[n+]1[c-]n(-c2[c-]cccc2)c(-c2ccccc2)c1-c1ccccc1.C[n+]1[c-]n(-c2[c-]cccc2)c(-c2ccccc2)c1-c1ccccc1.[Ir].c1ccc(-c2nnn[n-]2)nc1. The Hall–Kier alpha value is -7.39. The van der Waals surface area contributed by atoms with E-state index in [0.717, 1.165) is 45.3 Å². The van der Waals surface area contributed by atoms with E-state index < -0.39 is 0 Å². The van der Waals surface area contributed by atoms with Crippen LogP contribution < -0.4 is 14.2 Å². The van der Waals surface area contributed by atoms with Crippen LogP contribution in [0.1, 0.15) is 0 Å². The van der Waals surface area contributed by atoms with Gasteiger partial charge in [-0.1, -0.05) is 139 Å². The van der Waals surface area contributed by atoms with E-state index >= 15 is 0 Å². The van der Waals surface area contributed by atoms with Gasteiger partial charge in [0.2, 0.25) is 12.7 Å². The second-order valence-corrected chi connectivity index (χ2v) is 13.3. The van der Waals surface area contributed by atoms with Crippen LogP contribution in [0, 0.1) is 24.8 Å². The second-order valence-electron chi connectivity index (χ2n) is 13.3. The van der Waals surface area contributed by atoms with Gasteiger partial charge in [0.05, 0.1) is 48.4 Å². The van der Waals surface area contributed by atoms with Crippen molar-refractivity contribution >= 4 is 0 Å². The smallest absolute Gasteiger partial charge is 0.242 e. The first kappa shape index (κ1) is 40.8. The molecule has 0 N–H and O–H groups in total. The Morgan fingerprint density at radius 2 is 0.900 bits per heavy atom. The maximum Gasteiger partial charge on any atom is 0.242 e. The van der Waals surface area contributed by atoms with Crippen molar-refractivity contribution < 1.29 is 29.2 Å². The summed E-state index contributed by atoms with van der Waals surface area (Å²) in [7, 11) is 4.07. The van der Waals surface area contributed by atoms with E-state index in [-0.39, 0.29) is 20.1 Å². The van der Waals surface area contributed by atoms with E-state index in [4.69, 9.17) is 0 Å². The maximum absolute atomic E-state index is 4.02. The molecule has 0 aliphatic rings. The number of aromatic nitrogens is 9. The third-order valence-electron chi connectivity index (χ3n) is 9.34. The first-order chi connectivity index (χ1) is 29.2. The molecule has 295 valence electrons. The molecule has 60 heavy (non-hydrogen) atoms. The zero-order chi connectivity index (χ0) is 40.2. The Morgan fingerprint density at radius 1 is 0.483 bits per heavy atom. The van der Waals surface area contributed by atoms with Crippen molar-refractivity contribution in [3.8, 4) is 67.9 Å². The van der Waals surface area contributed by atoms with Crippen LogP contribution in [-0.2, 0) is 34.2 Å². The van der Waals surface area contributed by atoms with Gasteiger partial charge in [0.25, 0.3) is 0 Å². The van der Waals surface area contributed by atoms with E-state index in [1.165, 1.54) is 11.1 Å². The number of para-hydroxylation sites is 2. The quantitative estimate of drug-likeness (QED) is 0.119. The van der Waals surface area contributed by atoms with E-state index in [2.05, 4.69) is 178 Å². The number of imidazole rings is 2. The normalized spacial score (nSPS) is 10.4. The number of nitrogens with zero attached hydrogens (tertiary/aromatic N) is 9. The van der Waals surface area contributed by atoms with E-state index in [1.54, 1.807) is 12.3 Å². The van der Waals surface area contributed by atoms with E-state index in [1.807, 2.05) is 86.9 Å². The molecule has 0 atom stereocenters. The number of aryl methyl sites for hydroxylation is 2. The van der Waals surface area contributed by atoms with Crippen molar-refractivity contribution in [2.45, 2.75) is 0 Å². The molecule has 9 nitrogen and oxygen atoms in total. The molecule has 1 radical (unpaired) electrons. The van der Waals surface area contributed by atoms with Crippen LogP contribution in [0.3, 0.4) is 0 Å². The van der Waals surface area contributed by atoms with Crippen molar-refractivity contribution in [3.63, 3.8) is 0 Å². The zero-order valence-corrected chi connectivity index (χ0v) is 35.2. The fourth-order valence-corrected chi connectivity index (χ4v) is 6.74. The van der Waals surface area contributed by atoms with Gasteiger partial charge in [0, 0.05) is 26.3 Å². The second kappa shape index (κ2) is 19.8. The Morgan fingerprint density at radius 3 is 1.27 bits per heavy atom. The standard InChI is InChI=1S/2C22H17N2.C6H4N5.Ir/c2*1-23-17-24(20-15-9-4-10-16-20)22(19-13-7-3-8-14-19)21(23)18-11-5-2-6-12-18;1-2-4-7-5(3-1)6-8-10-11-9-6;/h2*2-15H,1H3;1-4H;/q3*-1;. The Labute approximate surface area is 363 Å². The molecule has 0 saturated carbocycles. The van der Waals surface area contributed by atoms with Gasteiger partial charge in [-0.05, 0) is 34.4 Å². The molecule has 10 aromatic rings. The largest absolute Gasteiger partial charge is 0.341 e. The maximum atomic E-state index is 4.02. The summed E-state index contributed by atoms with van der Waals surface area (Å²) in [4.78, 5) is 4.02. The van der Waals surface area contributed by atoms with E-state index in [9.17, 15) is 0 Å². The minimum absolute atomic E-state index is 0. The van der Waals surface area contributed by atoms with Crippen molar-refractivity contribution in [3.05, 3.63) is 219 Å². The molecule has 0 aliphatic heterocycles. The molecule has 10 heteroatoms. The summed E-state index contributed by atoms with van der Waals surface area (Å²) >= 11 is 0. The van der Waals surface area contributed by atoms with Gasteiger partial charge >= 0.3 is 0 Å². The van der Waals surface area contributed by atoms with Crippen molar-refractivity contribution in [2.24, 2.45) is 14.1 Å². The molecule has 0 fully saturated rings. The van der Waals surface area contributed by atoms with Gasteiger partial charge in [0.15, 0.2) is 0 Å². The van der Waals surface area contributed by atoms with Crippen LogP contribution in [0.4, 0.5) is 0 Å². The molecule has 0 saturated heterocycles. The Balaban J connectivity index is 0.000000144. The third-order valence-corrected chi connectivity index (χ3v) is 9.34. The Bertz CT molecular complexity index is 2630. The molecule has 0 unspecified atom stereocenters. The summed E-state index contributed by atoms with van der Waals surface area (Å²) < 4.78 is 8.27. The minimum Gasteiger partial charge on any atom is -0.341 e. The molecular formula is C50H38IrN9-3. The van der Waals surface area contributed by atoms with Crippen molar-refractivity contribution in [1.29, 1.82) is 0 Å². The summed E-state index contributed by atoms with van der Waals surface area (Å²) in [5, 5.41) is 14.0. The number of hydrogen-bond acceptors (Lipinski definition) is 4. The van der Waals surface area contributed by atoms with Crippen molar-refractivity contribution in [2.75, 3.05) is 0 Å². The fourth-order valence-electron chi connectivity index (χ4n) is 6.74. The summed E-state index contributed by atoms with van der Waals surface area (Å²) in [5.74, 6) is 0.464. The molecule has 4 heterocycles. The summed E-state index contributed by atoms with van der Waals surface area (Å²) in [5.41, 5.74) is 11.8. The van der Waals surface area contributed by atoms with Crippen LogP contribution in [0.15, 0.2) is 194 Å². The summed E-state index contributed by atoms with van der Waals surface area (Å²) in [6, 6.07) is 69.8. The predicted molar refractivity (Wildman–Crippen MR) is 227 cm³/mol. The topological polar surface area (TPSA) is 83.3 Å². The molecule has 0 amide bonds. The van der Waals surface area contributed by atoms with Crippen LogP contribution in [0.25, 0.3) is 67.9 Å². The monoisotopic (exact) mass is 957 g/mol. The predicted octanol–water partition coefficient (Wildman–Crippen LogP) is 8.36. The van der Waals surface area contributed by atoms with Crippen LogP contribution in [0.2, 0.25) is 0 Å². The molecule has 0 bridgehead atoms. The molecule has 10 rings (SSSR count). The number of benzene rings is 6. The van der Waals surface area contributed by atoms with Crippen LogP contribution >= 0.6 is 0 Å². The zero-order valence-electron chi connectivity index (χ0n) is 32.8. The Kier molecular flexibility index (Phi) is 13.5. The number of pyridine rings is 1. The fraction of sp³-hybridized carbons (Fsp3) is 0.0400. The van der Waals surface area contributed by atoms with Gasteiger partial charge in [-0.15, -0.1) is 0 Å². The third kappa shape index (κ3) is 9.32. The summed E-state index contributed by atoms with van der Waals surface area (Å²) in [6.07, 6.45) is 8.53. The van der Waals surface area contributed by atoms with Crippen molar-refractivity contribution in [1.82, 2.24) is 34.7 Å². The molecular weight excluding hydrogens is 919 g/mol. The molecule has 0 spiro atoms. The van der Waals surface area contributed by atoms with Gasteiger partial charge in [-0.3, -0.25) is 15.3 Å². The average molecular weight is 957 g/mol. The number of hydrogen-bond donors (Lipinski definition) is 0. The van der Waals surface area contributed by atoms with E-state index in [0.29, 0.717) is 11.5 Å². The van der Waals surface area contributed by atoms with Gasteiger partial charge < -0.3 is 23.4 Å².